The van der Waals surface area contributed by atoms with Crippen molar-refractivity contribution in [1.82, 2.24) is 9.97 Å². The molecule has 3 unspecified atom stereocenters. The van der Waals surface area contributed by atoms with Gasteiger partial charge in [-0.1, -0.05) is 87.1 Å². The van der Waals surface area contributed by atoms with Crippen LogP contribution in [-0.4, -0.2) is 28.3 Å². The van der Waals surface area contributed by atoms with Gasteiger partial charge in [-0.15, -0.1) is 0 Å². The van der Waals surface area contributed by atoms with E-state index in [9.17, 15) is 9.90 Å². The van der Waals surface area contributed by atoms with E-state index in [1.165, 1.54) is 47.1 Å². The molecule has 1 aliphatic carbocycles. The molecule has 44 heavy (non-hydrogen) atoms. The van der Waals surface area contributed by atoms with E-state index < -0.39 is 5.69 Å². The van der Waals surface area contributed by atoms with Gasteiger partial charge >= 0.3 is 5.69 Å². The van der Waals surface area contributed by atoms with Gasteiger partial charge in [0.05, 0.1) is 0 Å². The number of unbranched alkanes of at least 4 members (excludes halogenated alkanes) is 1. The smallest absolute Gasteiger partial charge is 0.326 e. The lowest BCUT2D eigenvalue weighted by molar-refractivity contribution is 0.372. The van der Waals surface area contributed by atoms with Gasteiger partial charge in [-0.05, 0) is 123 Å². The highest BCUT2D eigenvalue weighted by Crippen LogP contribution is 2.42. The molecule has 0 bridgehead atoms. The molecule has 240 valence electrons. The highest BCUT2D eigenvalue weighted by molar-refractivity contribution is 6.30. The molecule has 1 aromatic heterocycles. The van der Waals surface area contributed by atoms with E-state index in [4.69, 9.17) is 11.6 Å². The Kier molecular flexibility index (Phi) is 13.6. The van der Waals surface area contributed by atoms with Crippen molar-refractivity contribution < 1.29 is 5.11 Å². The van der Waals surface area contributed by atoms with Crippen LogP contribution in [0, 0.1) is 23.7 Å². The summed E-state index contributed by atoms with van der Waals surface area (Å²) in [7, 11) is 1.74. The SMILES string of the molecule is CCC(C)=C(C=C(C(C)/C(C)=C(C)/C(C=NC)=C\c1[nH]c(=O)[nH]c1O)C(C)C(C)CC1CC1)CCCCc1ccc(Cl)cc1. The zero-order valence-electron chi connectivity index (χ0n) is 28.2. The molecule has 6 heteroatoms. The van der Waals surface area contributed by atoms with Crippen molar-refractivity contribution in [3.8, 4) is 5.88 Å². The molecule has 0 spiro atoms. The Morgan fingerprint density at radius 2 is 1.77 bits per heavy atom. The van der Waals surface area contributed by atoms with Crippen LogP contribution in [-0.2, 0) is 6.42 Å². The number of nitrogens with zero attached hydrogens (tertiary/aromatic N) is 1. The van der Waals surface area contributed by atoms with Crippen molar-refractivity contribution in [2.75, 3.05) is 7.05 Å². The first kappa shape index (κ1) is 35.4. The number of hydrogen-bond acceptors (Lipinski definition) is 3. The molecule has 3 N–H and O–H groups in total. The summed E-state index contributed by atoms with van der Waals surface area (Å²) in [6.45, 7) is 16.1. The van der Waals surface area contributed by atoms with E-state index in [1.807, 2.05) is 12.1 Å². The average molecular weight is 620 g/mol. The fraction of sp³-hybridized carbons (Fsp3) is 0.526. The van der Waals surface area contributed by atoms with E-state index in [0.717, 1.165) is 54.2 Å². The number of nitrogens with one attached hydrogen (secondary N) is 2. The fourth-order valence-corrected chi connectivity index (χ4v) is 6.15. The number of aryl methyl sites for hydroxylation is 1. The van der Waals surface area contributed by atoms with E-state index in [0.29, 0.717) is 17.5 Å². The molecular formula is C38H54ClN3O2. The second-order valence-corrected chi connectivity index (χ2v) is 13.4. The molecule has 1 saturated carbocycles. The Morgan fingerprint density at radius 3 is 2.34 bits per heavy atom. The van der Waals surface area contributed by atoms with Crippen molar-refractivity contribution in [3.63, 3.8) is 0 Å². The summed E-state index contributed by atoms with van der Waals surface area (Å²) >= 11 is 6.09. The second kappa shape index (κ2) is 16.9. The summed E-state index contributed by atoms with van der Waals surface area (Å²) in [5, 5.41) is 11.0. The molecular weight excluding hydrogens is 566 g/mol. The summed E-state index contributed by atoms with van der Waals surface area (Å²) in [5.41, 5.74) is 8.91. The standard InChI is InChI=1S/C38H54ClN3O2/c1-9-24(2)32(13-11-10-12-30-16-18-34(39)19-17-30)21-35(26(4)25(3)20-31-14-15-31)29(7)27(5)28(6)33(23-40-8)22-36-37(43)42-38(44)41-36/h16-19,21-23,25-26,29,31,43H,9-15,20H2,1-8H3,(H2,41,42,44)/b28-27+,32-24?,33-22-,35-21?,40-23?. The van der Waals surface area contributed by atoms with Gasteiger partial charge in [0.25, 0.3) is 0 Å². The van der Waals surface area contributed by atoms with Crippen LogP contribution in [0.5, 0.6) is 5.88 Å². The van der Waals surface area contributed by atoms with Crippen LogP contribution in [0.3, 0.4) is 0 Å². The maximum absolute atomic E-state index is 11.8. The summed E-state index contributed by atoms with van der Waals surface area (Å²) in [4.78, 5) is 21.1. The number of aromatic hydroxyl groups is 1. The van der Waals surface area contributed by atoms with E-state index >= 15 is 0 Å². The van der Waals surface area contributed by atoms with Crippen molar-refractivity contribution >= 4 is 23.9 Å². The maximum Gasteiger partial charge on any atom is 0.326 e. The lowest BCUT2D eigenvalue weighted by atomic mass is 9.75. The van der Waals surface area contributed by atoms with E-state index in [1.54, 1.807) is 19.3 Å². The minimum atomic E-state index is -0.435. The van der Waals surface area contributed by atoms with Gasteiger partial charge in [-0.2, -0.15) is 0 Å². The predicted molar refractivity (Wildman–Crippen MR) is 189 cm³/mol. The molecule has 0 aliphatic heterocycles. The Morgan fingerprint density at radius 1 is 1.09 bits per heavy atom. The second-order valence-electron chi connectivity index (χ2n) is 12.9. The lowest BCUT2D eigenvalue weighted by Crippen LogP contribution is -2.18. The predicted octanol–water partition coefficient (Wildman–Crippen LogP) is 10.3. The number of hydrogen-bond donors (Lipinski definition) is 3. The summed E-state index contributed by atoms with van der Waals surface area (Å²) in [5.74, 6) is 1.98. The van der Waals surface area contributed by atoms with Crippen molar-refractivity contribution in [1.29, 1.82) is 0 Å². The first-order valence-electron chi connectivity index (χ1n) is 16.4. The highest BCUT2D eigenvalue weighted by atomic mass is 35.5. The van der Waals surface area contributed by atoms with Gasteiger partial charge < -0.3 is 10.1 Å². The summed E-state index contributed by atoms with van der Waals surface area (Å²) < 4.78 is 0. The first-order valence-corrected chi connectivity index (χ1v) is 16.8. The Balaban J connectivity index is 1.96. The zero-order chi connectivity index (χ0) is 32.4. The third kappa shape index (κ3) is 10.3. The van der Waals surface area contributed by atoms with Crippen molar-refractivity contribution in [3.05, 3.63) is 90.5 Å². The summed E-state index contributed by atoms with van der Waals surface area (Å²) in [6, 6.07) is 8.24. The third-order valence-electron chi connectivity index (χ3n) is 9.75. The molecule has 1 aliphatic rings. The highest BCUT2D eigenvalue weighted by Gasteiger charge is 2.29. The van der Waals surface area contributed by atoms with Gasteiger partial charge in [0.2, 0.25) is 5.88 Å². The van der Waals surface area contributed by atoms with Crippen molar-refractivity contribution in [2.45, 2.75) is 99.8 Å². The van der Waals surface area contributed by atoms with Crippen molar-refractivity contribution in [2.24, 2.45) is 28.7 Å². The van der Waals surface area contributed by atoms with Gasteiger partial charge in [-0.3, -0.25) is 9.98 Å². The number of imidazole rings is 1. The number of H-pyrrole nitrogens is 2. The van der Waals surface area contributed by atoms with Crippen LogP contribution in [0.25, 0.3) is 6.08 Å². The number of benzene rings is 1. The fourth-order valence-electron chi connectivity index (χ4n) is 6.03. The summed E-state index contributed by atoms with van der Waals surface area (Å²) in [6.07, 6.45) is 15.6. The van der Waals surface area contributed by atoms with Gasteiger partial charge in [0, 0.05) is 18.3 Å². The molecule has 3 rings (SSSR count). The van der Waals surface area contributed by atoms with E-state index in [-0.39, 0.29) is 11.8 Å². The molecule has 0 amide bonds. The monoisotopic (exact) mass is 619 g/mol. The molecule has 0 radical (unpaired) electrons. The normalized spacial score (nSPS) is 17.8. The Hall–Kier alpha value is -3.05. The maximum atomic E-state index is 11.8. The molecule has 1 heterocycles. The van der Waals surface area contributed by atoms with Crippen LogP contribution in [0.4, 0.5) is 0 Å². The van der Waals surface area contributed by atoms with Gasteiger partial charge in [0.15, 0.2) is 0 Å². The zero-order valence-corrected chi connectivity index (χ0v) is 28.9. The number of aliphatic imine (C=N–C) groups is 1. The average Bonchev–Trinajstić information content (AvgIpc) is 3.76. The molecule has 0 saturated heterocycles. The number of rotatable bonds is 16. The van der Waals surface area contributed by atoms with Gasteiger partial charge in [0.1, 0.15) is 5.69 Å². The van der Waals surface area contributed by atoms with Gasteiger partial charge in [-0.25, -0.2) is 4.79 Å². The van der Waals surface area contributed by atoms with Crippen LogP contribution in [0.1, 0.15) is 105 Å². The van der Waals surface area contributed by atoms with Crippen LogP contribution < -0.4 is 5.69 Å². The number of allylic oxidation sites excluding steroid dienone is 7. The van der Waals surface area contributed by atoms with Crippen LogP contribution in [0.2, 0.25) is 5.02 Å². The first-order chi connectivity index (χ1) is 20.9. The number of halogens is 1. The molecule has 5 nitrogen and oxygen atoms in total. The quantitative estimate of drug-likeness (QED) is 0.0992. The third-order valence-corrected chi connectivity index (χ3v) is 10.0. The molecule has 1 fully saturated rings. The number of aromatic nitrogens is 2. The molecule has 3 atom stereocenters. The number of aromatic amines is 2. The van der Waals surface area contributed by atoms with Crippen LogP contribution in [0.15, 0.2) is 73.6 Å². The Labute approximate surface area is 270 Å². The minimum Gasteiger partial charge on any atom is -0.493 e. The minimum absolute atomic E-state index is 0.167. The van der Waals surface area contributed by atoms with Crippen LogP contribution >= 0.6 is 11.6 Å². The Bertz CT molecular complexity index is 1450. The topological polar surface area (TPSA) is 81.2 Å². The van der Waals surface area contributed by atoms with E-state index in [2.05, 4.69) is 81.6 Å². The molecule has 2 aromatic rings. The largest absolute Gasteiger partial charge is 0.493 e. The lowest BCUT2D eigenvalue weighted by Gasteiger charge is -2.30. The molecule has 1 aromatic carbocycles.